The second kappa shape index (κ2) is 6.89. The van der Waals surface area contributed by atoms with Crippen molar-refractivity contribution in [3.63, 3.8) is 0 Å². The molecule has 4 aromatic rings. The predicted octanol–water partition coefficient (Wildman–Crippen LogP) is 5.65. The summed E-state index contributed by atoms with van der Waals surface area (Å²) in [4.78, 5) is 7.89. The molecule has 0 spiro atoms. The SMILES string of the molecule is [C-]#[N+]c1ccc(-n2nc(-c3cccnc3)c3c2[C@]2(C)Cc4cnoc4[C@H](C)[C@H]2CC3)cc1. The Morgan fingerprint density at radius 2 is 2.03 bits per heavy atom. The van der Waals surface area contributed by atoms with Gasteiger partial charge < -0.3 is 4.52 Å². The van der Waals surface area contributed by atoms with Gasteiger partial charge in [-0.15, -0.1) is 0 Å². The molecule has 2 aliphatic carbocycles. The molecule has 0 amide bonds. The van der Waals surface area contributed by atoms with Crippen LogP contribution in [0, 0.1) is 12.5 Å². The van der Waals surface area contributed by atoms with Crippen molar-refractivity contribution in [1.82, 2.24) is 19.9 Å². The number of nitrogens with zero attached hydrogens (tertiary/aromatic N) is 5. The Balaban J connectivity index is 1.60. The van der Waals surface area contributed by atoms with Crippen molar-refractivity contribution in [2.75, 3.05) is 0 Å². The lowest BCUT2D eigenvalue weighted by Gasteiger charge is -2.47. The van der Waals surface area contributed by atoms with Crippen LogP contribution in [0.15, 0.2) is 59.5 Å². The molecule has 0 fully saturated rings. The highest BCUT2D eigenvalue weighted by Gasteiger charge is 2.51. The van der Waals surface area contributed by atoms with Crippen LogP contribution in [0.25, 0.3) is 21.8 Å². The van der Waals surface area contributed by atoms with Gasteiger partial charge in [0.2, 0.25) is 0 Å². The third-order valence-corrected chi connectivity index (χ3v) is 7.46. The molecule has 3 aromatic heterocycles. The molecular formula is C26H23N5O. The van der Waals surface area contributed by atoms with E-state index in [1.807, 2.05) is 42.7 Å². The number of rotatable bonds is 2. The monoisotopic (exact) mass is 421 g/mol. The van der Waals surface area contributed by atoms with E-state index in [0.717, 1.165) is 42.0 Å². The molecule has 1 aromatic carbocycles. The molecule has 6 nitrogen and oxygen atoms in total. The van der Waals surface area contributed by atoms with E-state index in [2.05, 4.69) is 39.6 Å². The zero-order chi connectivity index (χ0) is 21.9. The summed E-state index contributed by atoms with van der Waals surface area (Å²) in [6, 6.07) is 11.8. The maximum Gasteiger partial charge on any atom is 0.187 e. The summed E-state index contributed by atoms with van der Waals surface area (Å²) >= 11 is 0. The van der Waals surface area contributed by atoms with E-state index in [9.17, 15) is 0 Å². The topological polar surface area (TPSA) is 61.1 Å². The summed E-state index contributed by atoms with van der Waals surface area (Å²) in [6.45, 7) is 11.9. The van der Waals surface area contributed by atoms with Crippen LogP contribution in [0.4, 0.5) is 5.69 Å². The molecule has 0 aliphatic heterocycles. The minimum atomic E-state index is -0.0997. The molecule has 0 unspecified atom stereocenters. The number of benzene rings is 1. The van der Waals surface area contributed by atoms with Gasteiger partial charge in [0.05, 0.1) is 29.8 Å². The van der Waals surface area contributed by atoms with Crippen LogP contribution in [-0.4, -0.2) is 19.9 Å². The zero-order valence-electron chi connectivity index (χ0n) is 18.1. The average Bonchev–Trinajstić information content (AvgIpc) is 3.45. The van der Waals surface area contributed by atoms with Crippen LogP contribution in [0.2, 0.25) is 0 Å². The van der Waals surface area contributed by atoms with Crippen molar-refractivity contribution < 1.29 is 4.52 Å². The molecule has 0 saturated heterocycles. The van der Waals surface area contributed by atoms with Gasteiger partial charge in [-0.2, -0.15) is 5.10 Å². The van der Waals surface area contributed by atoms with Gasteiger partial charge in [0.1, 0.15) is 5.76 Å². The molecule has 0 saturated carbocycles. The van der Waals surface area contributed by atoms with Crippen molar-refractivity contribution >= 4 is 5.69 Å². The Morgan fingerprint density at radius 1 is 1.19 bits per heavy atom. The summed E-state index contributed by atoms with van der Waals surface area (Å²) in [6.07, 6.45) is 8.50. The van der Waals surface area contributed by atoms with Gasteiger partial charge in [0, 0.05) is 40.4 Å². The molecule has 3 atom stereocenters. The standard InChI is InChI=1S/C26H23N5O/c1-16-22-11-10-21-23(17-5-4-12-28-14-17)30-31(20-8-6-19(27-3)7-9-20)25(21)26(22,2)13-18-15-29-32-24(16)18/h4-9,12,14-16,22H,10-11,13H2,1-2H3/t16-,22-,26-/m1/s1. The van der Waals surface area contributed by atoms with Crippen molar-refractivity contribution in [3.05, 3.63) is 89.0 Å². The Bertz CT molecular complexity index is 1350. The number of pyridine rings is 1. The summed E-state index contributed by atoms with van der Waals surface area (Å²) < 4.78 is 7.77. The fourth-order valence-electron chi connectivity index (χ4n) is 6.03. The quantitative estimate of drug-likeness (QED) is 0.392. The van der Waals surface area contributed by atoms with E-state index < -0.39 is 0 Å². The third kappa shape index (κ3) is 2.61. The lowest BCUT2D eigenvalue weighted by atomic mass is 9.56. The van der Waals surface area contributed by atoms with Gasteiger partial charge in [-0.3, -0.25) is 4.98 Å². The first-order valence-corrected chi connectivity index (χ1v) is 11.0. The lowest BCUT2D eigenvalue weighted by molar-refractivity contribution is 0.170. The summed E-state index contributed by atoms with van der Waals surface area (Å²) in [7, 11) is 0. The van der Waals surface area contributed by atoms with Crippen molar-refractivity contribution in [2.45, 2.75) is 44.4 Å². The second-order valence-corrected chi connectivity index (χ2v) is 9.20. The number of aromatic nitrogens is 4. The molecule has 3 heterocycles. The second-order valence-electron chi connectivity index (χ2n) is 9.20. The van der Waals surface area contributed by atoms with Crippen LogP contribution in [-0.2, 0) is 18.3 Å². The van der Waals surface area contributed by atoms with E-state index >= 15 is 0 Å². The van der Waals surface area contributed by atoms with Gasteiger partial charge in [-0.25, -0.2) is 9.53 Å². The maximum atomic E-state index is 7.30. The molecule has 6 heteroatoms. The maximum absolute atomic E-state index is 7.30. The van der Waals surface area contributed by atoms with Gasteiger partial charge in [0.25, 0.3) is 0 Å². The van der Waals surface area contributed by atoms with E-state index in [0.29, 0.717) is 17.5 Å². The third-order valence-electron chi connectivity index (χ3n) is 7.46. The normalized spacial score (nSPS) is 23.7. The molecule has 6 rings (SSSR count). The molecule has 2 aliphatic rings. The van der Waals surface area contributed by atoms with Gasteiger partial charge in [-0.1, -0.05) is 31.1 Å². The fourth-order valence-corrected chi connectivity index (χ4v) is 6.03. The Hall–Kier alpha value is -3.72. The van der Waals surface area contributed by atoms with Crippen LogP contribution in [0.1, 0.15) is 48.8 Å². The van der Waals surface area contributed by atoms with Crippen molar-refractivity contribution in [3.8, 4) is 16.9 Å². The molecule has 0 N–H and O–H groups in total. The van der Waals surface area contributed by atoms with Crippen molar-refractivity contribution in [2.24, 2.45) is 5.92 Å². The van der Waals surface area contributed by atoms with E-state index in [1.165, 1.54) is 16.8 Å². The van der Waals surface area contributed by atoms with E-state index in [1.54, 1.807) is 6.20 Å². The molecule has 32 heavy (non-hydrogen) atoms. The molecule has 0 bridgehead atoms. The Morgan fingerprint density at radius 3 is 2.78 bits per heavy atom. The molecule has 158 valence electrons. The first-order chi connectivity index (χ1) is 15.6. The van der Waals surface area contributed by atoms with E-state index in [-0.39, 0.29) is 5.41 Å². The number of hydrogen-bond donors (Lipinski definition) is 0. The average molecular weight is 422 g/mol. The number of hydrogen-bond acceptors (Lipinski definition) is 4. The molecule has 0 radical (unpaired) electrons. The van der Waals surface area contributed by atoms with Gasteiger partial charge in [-0.05, 0) is 49.4 Å². The molecular weight excluding hydrogens is 398 g/mol. The van der Waals surface area contributed by atoms with Crippen LogP contribution < -0.4 is 0 Å². The summed E-state index contributed by atoms with van der Waals surface area (Å²) in [5.74, 6) is 1.78. The van der Waals surface area contributed by atoms with E-state index in [4.69, 9.17) is 16.2 Å². The highest BCUT2D eigenvalue weighted by Crippen LogP contribution is 2.55. The van der Waals surface area contributed by atoms with Crippen LogP contribution in [0.3, 0.4) is 0 Å². The van der Waals surface area contributed by atoms with Gasteiger partial charge >= 0.3 is 0 Å². The van der Waals surface area contributed by atoms with Crippen molar-refractivity contribution in [1.29, 1.82) is 0 Å². The minimum absolute atomic E-state index is 0.0997. The Kier molecular flexibility index (Phi) is 4.09. The Labute approximate surface area is 186 Å². The summed E-state index contributed by atoms with van der Waals surface area (Å²) in [5.41, 5.74) is 7.32. The van der Waals surface area contributed by atoms with Gasteiger partial charge in [0.15, 0.2) is 5.69 Å². The summed E-state index contributed by atoms with van der Waals surface area (Å²) in [5, 5.41) is 9.27. The zero-order valence-corrected chi connectivity index (χ0v) is 18.1. The largest absolute Gasteiger partial charge is 0.361 e. The fraction of sp³-hybridized carbons (Fsp3) is 0.308. The highest BCUT2D eigenvalue weighted by atomic mass is 16.5. The minimum Gasteiger partial charge on any atom is -0.361 e. The smallest absolute Gasteiger partial charge is 0.187 e. The first kappa shape index (κ1) is 19.0. The lowest BCUT2D eigenvalue weighted by Crippen LogP contribution is -2.45. The van der Waals surface area contributed by atoms with Crippen LogP contribution >= 0.6 is 0 Å². The highest BCUT2D eigenvalue weighted by molar-refractivity contribution is 5.66. The number of fused-ring (bicyclic) bond motifs is 4. The van der Waals surface area contributed by atoms with Crippen LogP contribution in [0.5, 0.6) is 0 Å². The predicted molar refractivity (Wildman–Crippen MR) is 121 cm³/mol. The first-order valence-electron chi connectivity index (χ1n) is 11.0.